The number of halogens is 2. The zero-order valence-electron chi connectivity index (χ0n) is 9.90. The van der Waals surface area contributed by atoms with Crippen LogP contribution in [0.15, 0.2) is 36.4 Å². The molecule has 0 radical (unpaired) electrons. The maximum Gasteiger partial charge on any atom is 0.133 e. The van der Waals surface area contributed by atoms with Crippen molar-refractivity contribution < 1.29 is 0 Å². The fourth-order valence-electron chi connectivity index (χ4n) is 1.66. The zero-order valence-corrected chi connectivity index (χ0v) is 11.4. The van der Waals surface area contributed by atoms with Crippen LogP contribution in [-0.4, -0.2) is 12.0 Å². The molecule has 1 aromatic carbocycles. The number of pyridine rings is 1. The summed E-state index contributed by atoms with van der Waals surface area (Å²) in [6.45, 7) is 0.645. The Hall–Kier alpha value is -1.45. The molecule has 0 aliphatic carbocycles. The topological polar surface area (TPSA) is 42.1 Å². The number of hydrogen-bond donors (Lipinski definition) is 1. The van der Waals surface area contributed by atoms with E-state index in [1.807, 2.05) is 36.2 Å². The maximum atomic E-state index is 6.12. The summed E-state index contributed by atoms with van der Waals surface area (Å²) >= 11 is 12.0. The molecule has 0 unspecified atom stereocenters. The first-order valence-corrected chi connectivity index (χ1v) is 6.19. The average Bonchev–Trinajstić information content (AvgIpc) is 2.31. The Balaban J connectivity index is 2.22. The van der Waals surface area contributed by atoms with Gasteiger partial charge in [0.05, 0.1) is 0 Å². The molecule has 18 heavy (non-hydrogen) atoms. The molecule has 5 heteroatoms. The molecule has 2 aromatic rings. The van der Waals surface area contributed by atoms with Crippen LogP contribution in [0.5, 0.6) is 0 Å². The van der Waals surface area contributed by atoms with Gasteiger partial charge in [0.25, 0.3) is 0 Å². The van der Waals surface area contributed by atoms with Gasteiger partial charge in [-0.3, -0.25) is 0 Å². The van der Waals surface area contributed by atoms with Crippen molar-refractivity contribution in [2.45, 2.75) is 6.54 Å². The van der Waals surface area contributed by atoms with Gasteiger partial charge in [0, 0.05) is 30.4 Å². The van der Waals surface area contributed by atoms with Crippen LogP contribution in [-0.2, 0) is 6.54 Å². The predicted octanol–water partition coefficient (Wildman–Crippen LogP) is 3.61. The van der Waals surface area contributed by atoms with E-state index in [1.54, 1.807) is 12.1 Å². The Morgan fingerprint density at radius 3 is 2.61 bits per heavy atom. The SMILES string of the molecule is CN(Cc1ccccc1Cl)c1cc(N)cc(Cl)n1. The highest BCUT2D eigenvalue weighted by atomic mass is 35.5. The van der Waals surface area contributed by atoms with Crippen molar-refractivity contribution in [1.82, 2.24) is 4.98 Å². The molecular weight excluding hydrogens is 269 g/mol. The summed E-state index contributed by atoms with van der Waals surface area (Å²) in [5.41, 5.74) is 7.37. The lowest BCUT2D eigenvalue weighted by Crippen LogP contribution is -2.18. The molecule has 1 aromatic heterocycles. The Morgan fingerprint density at radius 1 is 1.22 bits per heavy atom. The Morgan fingerprint density at radius 2 is 1.94 bits per heavy atom. The fraction of sp³-hybridized carbons (Fsp3) is 0.154. The Kier molecular flexibility index (Phi) is 3.94. The molecule has 0 aliphatic rings. The van der Waals surface area contributed by atoms with Gasteiger partial charge in [0.1, 0.15) is 11.0 Å². The number of anilines is 2. The molecule has 1 heterocycles. The first-order chi connectivity index (χ1) is 8.56. The Bertz CT molecular complexity index is 537. The van der Waals surface area contributed by atoms with E-state index in [9.17, 15) is 0 Å². The molecule has 0 spiro atoms. The van der Waals surface area contributed by atoms with Crippen LogP contribution >= 0.6 is 23.2 Å². The van der Waals surface area contributed by atoms with Crippen LogP contribution in [0, 0.1) is 0 Å². The molecule has 0 amide bonds. The molecule has 0 saturated heterocycles. The van der Waals surface area contributed by atoms with E-state index in [1.165, 1.54) is 0 Å². The summed E-state index contributed by atoms with van der Waals surface area (Å²) in [5, 5.41) is 1.12. The van der Waals surface area contributed by atoms with Crippen LogP contribution < -0.4 is 10.6 Å². The number of hydrogen-bond acceptors (Lipinski definition) is 3. The van der Waals surface area contributed by atoms with Crippen molar-refractivity contribution in [1.29, 1.82) is 0 Å². The van der Waals surface area contributed by atoms with Gasteiger partial charge < -0.3 is 10.6 Å². The lowest BCUT2D eigenvalue weighted by atomic mass is 10.2. The van der Waals surface area contributed by atoms with Crippen molar-refractivity contribution in [3.63, 3.8) is 0 Å². The summed E-state index contributed by atoms with van der Waals surface area (Å²) in [7, 11) is 1.92. The molecule has 2 rings (SSSR count). The normalized spacial score (nSPS) is 10.4. The second-order valence-corrected chi connectivity index (χ2v) is 4.82. The number of rotatable bonds is 3. The van der Waals surface area contributed by atoms with Gasteiger partial charge in [-0.05, 0) is 17.7 Å². The van der Waals surface area contributed by atoms with Crippen molar-refractivity contribution in [2.75, 3.05) is 17.7 Å². The lowest BCUT2D eigenvalue weighted by Gasteiger charge is -2.19. The van der Waals surface area contributed by atoms with E-state index in [2.05, 4.69) is 4.98 Å². The van der Waals surface area contributed by atoms with E-state index < -0.39 is 0 Å². The summed E-state index contributed by atoms with van der Waals surface area (Å²) in [4.78, 5) is 6.18. The molecule has 0 atom stereocenters. The van der Waals surface area contributed by atoms with Gasteiger partial charge in [-0.1, -0.05) is 41.4 Å². The van der Waals surface area contributed by atoms with Gasteiger partial charge in [-0.25, -0.2) is 4.98 Å². The summed E-state index contributed by atoms with van der Waals surface area (Å²) in [5.74, 6) is 0.722. The molecule has 3 nitrogen and oxygen atoms in total. The second kappa shape index (κ2) is 5.46. The molecule has 2 N–H and O–H groups in total. The first-order valence-electron chi connectivity index (χ1n) is 5.44. The van der Waals surface area contributed by atoms with Gasteiger partial charge in [0.2, 0.25) is 0 Å². The zero-order chi connectivity index (χ0) is 13.1. The number of nitrogens with two attached hydrogens (primary N) is 1. The quantitative estimate of drug-likeness (QED) is 0.874. The molecule has 0 bridgehead atoms. The minimum absolute atomic E-state index is 0.385. The summed E-state index contributed by atoms with van der Waals surface area (Å²) in [6.07, 6.45) is 0. The molecule has 0 saturated carbocycles. The van der Waals surface area contributed by atoms with Gasteiger partial charge in [0.15, 0.2) is 0 Å². The van der Waals surface area contributed by atoms with Crippen LogP contribution in [0.1, 0.15) is 5.56 Å². The fourth-order valence-corrected chi connectivity index (χ4v) is 2.07. The number of nitrogens with zero attached hydrogens (tertiary/aromatic N) is 2. The van der Waals surface area contributed by atoms with Crippen LogP contribution in [0.25, 0.3) is 0 Å². The monoisotopic (exact) mass is 281 g/mol. The third-order valence-corrected chi connectivity index (χ3v) is 3.12. The van der Waals surface area contributed by atoms with Crippen molar-refractivity contribution >= 4 is 34.7 Å². The third kappa shape index (κ3) is 3.06. The van der Waals surface area contributed by atoms with Crippen LogP contribution in [0.3, 0.4) is 0 Å². The minimum atomic E-state index is 0.385. The molecule has 0 fully saturated rings. The number of aromatic nitrogens is 1. The molecular formula is C13H13Cl2N3. The van der Waals surface area contributed by atoms with E-state index >= 15 is 0 Å². The molecule has 94 valence electrons. The highest BCUT2D eigenvalue weighted by molar-refractivity contribution is 6.31. The smallest absolute Gasteiger partial charge is 0.133 e. The largest absolute Gasteiger partial charge is 0.399 e. The van der Waals surface area contributed by atoms with Crippen molar-refractivity contribution in [3.8, 4) is 0 Å². The van der Waals surface area contributed by atoms with Crippen molar-refractivity contribution in [3.05, 3.63) is 52.1 Å². The van der Waals surface area contributed by atoms with E-state index in [0.29, 0.717) is 17.4 Å². The van der Waals surface area contributed by atoms with Gasteiger partial charge >= 0.3 is 0 Å². The van der Waals surface area contributed by atoms with E-state index in [-0.39, 0.29) is 0 Å². The highest BCUT2D eigenvalue weighted by Gasteiger charge is 2.07. The van der Waals surface area contributed by atoms with Gasteiger partial charge in [-0.2, -0.15) is 0 Å². The van der Waals surface area contributed by atoms with E-state index in [0.717, 1.165) is 16.4 Å². The standard InChI is InChI=1S/C13H13Cl2N3/c1-18(8-9-4-2-3-5-11(9)14)13-7-10(16)6-12(15)17-13/h2-7H,8H2,1H3,(H2,16,17). The van der Waals surface area contributed by atoms with E-state index in [4.69, 9.17) is 28.9 Å². The highest BCUT2D eigenvalue weighted by Crippen LogP contribution is 2.22. The molecule has 0 aliphatic heterocycles. The summed E-state index contributed by atoms with van der Waals surface area (Å²) < 4.78 is 0. The van der Waals surface area contributed by atoms with Gasteiger partial charge in [-0.15, -0.1) is 0 Å². The second-order valence-electron chi connectivity index (χ2n) is 4.03. The summed E-state index contributed by atoms with van der Waals surface area (Å²) in [6, 6.07) is 11.1. The average molecular weight is 282 g/mol. The maximum absolute atomic E-state index is 6.12. The van der Waals surface area contributed by atoms with Crippen LogP contribution in [0.2, 0.25) is 10.2 Å². The number of nitrogen functional groups attached to an aromatic ring is 1. The minimum Gasteiger partial charge on any atom is -0.399 e. The Labute approximate surface area is 116 Å². The van der Waals surface area contributed by atoms with Crippen molar-refractivity contribution in [2.24, 2.45) is 0 Å². The first kappa shape index (κ1) is 13.0. The van der Waals surface area contributed by atoms with Crippen LogP contribution in [0.4, 0.5) is 11.5 Å². The lowest BCUT2D eigenvalue weighted by molar-refractivity contribution is 0.899. The third-order valence-electron chi connectivity index (χ3n) is 2.56. The number of benzene rings is 1. The predicted molar refractivity (Wildman–Crippen MR) is 77.2 cm³/mol.